The van der Waals surface area contributed by atoms with Crippen LogP contribution in [0, 0.1) is 0 Å². The van der Waals surface area contributed by atoms with Crippen LogP contribution in [0.3, 0.4) is 0 Å². The van der Waals surface area contributed by atoms with Gasteiger partial charge in [0, 0.05) is 24.4 Å². The number of ether oxygens (including phenoxy) is 2. The van der Waals surface area contributed by atoms with Gasteiger partial charge in [0.2, 0.25) is 0 Å². The monoisotopic (exact) mass is 230 g/mol. The summed E-state index contributed by atoms with van der Waals surface area (Å²) in [6.45, 7) is 0.210. The molecule has 0 fully saturated rings. The SMILES string of the molecule is COCOc1ccccc1-c1ccncc1N. The van der Waals surface area contributed by atoms with E-state index >= 15 is 0 Å². The summed E-state index contributed by atoms with van der Waals surface area (Å²) in [6, 6.07) is 9.55. The van der Waals surface area contributed by atoms with E-state index in [-0.39, 0.29) is 6.79 Å². The molecule has 0 bridgehead atoms. The number of para-hydroxylation sites is 1. The Balaban J connectivity index is 2.41. The Hall–Kier alpha value is -2.07. The van der Waals surface area contributed by atoms with Gasteiger partial charge < -0.3 is 15.2 Å². The number of anilines is 1. The molecule has 0 saturated heterocycles. The average molecular weight is 230 g/mol. The first-order valence-corrected chi connectivity index (χ1v) is 5.23. The maximum atomic E-state index is 5.90. The molecule has 0 aliphatic rings. The molecule has 0 amide bonds. The number of nitrogens with zero attached hydrogens (tertiary/aromatic N) is 1. The zero-order valence-electron chi connectivity index (χ0n) is 9.59. The number of rotatable bonds is 4. The zero-order chi connectivity index (χ0) is 12.1. The number of hydrogen-bond acceptors (Lipinski definition) is 4. The minimum Gasteiger partial charge on any atom is -0.467 e. The van der Waals surface area contributed by atoms with Crippen LogP contribution in [-0.4, -0.2) is 18.9 Å². The molecule has 2 aromatic rings. The summed E-state index contributed by atoms with van der Waals surface area (Å²) >= 11 is 0. The Kier molecular flexibility index (Phi) is 3.57. The molecule has 0 aliphatic carbocycles. The summed E-state index contributed by atoms with van der Waals surface area (Å²) in [5.41, 5.74) is 8.37. The Morgan fingerprint density at radius 2 is 2.00 bits per heavy atom. The molecule has 17 heavy (non-hydrogen) atoms. The van der Waals surface area contributed by atoms with Crippen LogP contribution in [-0.2, 0) is 4.74 Å². The molecule has 0 unspecified atom stereocenters. The lowest BCUT2D eigenvalue weighted by Crippen LogP contribution is -2.01. The fraction of sp³-hybridized carbons (Fsp3) is 0.154. The van der Waals surface area contributed by atoms with Crippen LogP contribution in [0.15, 0.2) is 42.7 Å². The average Bonchev–Trinajstić information content (AvgIpc) is 2.37. The van der Waals surface area contributed by atoms with E-state index in [0.717, 1.165) is 16.9 Å². The second-order valence-electron chi connectivity index (χ2n) is 3.51. The molecule has 0 radical (unpaired) electrons. The predicted molar refractivity (Wildman–Crippen MR) is 66.6 cm³/mol. The van der Waals surface area contributed by atoms with Gasteiger partial charge in [-0.2, -0.15) is 0 Å². The van der Waals surface area contributed by atoms with Crippen molar-refractivity contribution < 1.29 is 9.47 Å². The van der Waals surface area contributed by atoms with Crippen molar-refractivity contribution in [2.45, 2.75) is 0 Å². The van der Waals surface area contributed by atoms with Crippen LogP contribution < -0.4 is 10.5 Å². The van der Waals surface area contributed by atoms with E-state index in [0.29, 0.717) is 5.69 Å². The minimum atomic E-state index is 0.210. The Morgan fingerprint density at radius 3 is 2.76 bits per heavy atom. The van der Waals surface area contributed by atoms with E-state index in [1.807, 2.05) is 30.3 Å². The highest BCUT2D eigenvalue weighted by atomic mass is 16.7. The van der Waals surface area contributed by atoms with Crippen molar-refractivity contribution in [2.75, 3.05) is 19.6 Å². The van der Waals surface area contributed by atoms with E-state index in [2.05, 4.69) is 4.98 Å². The molecule has 2 N–H and O–H groups in total. The van der Waals surface area contributed by atoms with Crippen LogP contribution >= 0.6 is 0 Å². The number of nitrogens with two attached hydrogens (primary N) is 1. The molecule has 0 saturated carbocycles. The molecule has 4 nitrogen and oxygen atoms in total. The van der Waals surface area contributed by atoms with Crippen molar-refractivity contribution in [3.05, 3.63) is 42.7 Å². The predicted octanol–water partition coefficient (Wildman–Crippen LogP) is 2.31. The first kappa shape index (κ1) is 11.4. The summed E-state index contributed by atoms with van der Waals surface area (Å²) in [4.78, 5) is 3.97. The molecule has 0 aliphatic heterocycles. The third-order valence-electron chi connectivity index (χ3n) is 2.36. The van der Waals surface area contributed by atoms with E-state index in [1.54, 1.807) is 19.5 Å². The number of nitrogen functional groups attached to an aromatic ring is 1. The van der Waals surface area contributed by atoms with E-state index < -0.39 is 0 Å². The van der Waals surface area contributed by atoms with Crippen LogP contribution in [0.2, 0.25) is 0 Å². The van der Waals surface area contributed by atoms with Gasteiger partial charge in [0.1, 0.15) is 5.75 Å². The highest BCUT2D eigenvalue weighted by molar-refractivity contribution is 5.79. The van der Waals surface area contributed by atoms with E-state index in [4.69, 9.17) is 15.2 Å². The number of pyridine rings is 1. The molecular weight excluding hydrogens is 216 g/mol. The van der Waals surface area contributed by atoms with Gasteiger partial charge in [-0.3, -0.25) is 4.98 Å². The van der Waals surface area contributed by atoms with Crippen molar-refractivity contribution in [1.82, 2.24) is 4.98 Å². The topological polar surface area (TPSA) is 57.4 Å². The summed E-state index contributed by atoms with van der Waals surface area (Å²) in [5, 5.41) is 0. The summed E-state index contributed by atoms with van der Waals surface area (Å²) in [5.74, 6) is 0.743. The highest BCUT2D eigenvalue weighted by Crippen LogP contribution is 2.32. The van der Waals surface area contributed by atoms with Gasteiger partial charge in [-0.1, -0.05) is 18.2 Å². The van der Waals surface area contributed by atoms with Crippen molar-refractivity contribution in [2.24, 2.45) is 0 Å². The lowest BCUT2D eigenvalue weighted by Gasteiger charge is -2.11. The lowest BCUT2D eigenvalue weighted by molar-refractivity contribution is 0.0515. The molecule has 1 aromatic heterocycles. The Labute approximate surface area is 100 Å². The van der Waals surface area contributed by atoms with Crippen molar-refractivity contribution in [1.29, 1.82) is 0 Å². The molecule has 4 heteroatoms. The summed E-state index contributed by atoms with van der Waals surface area (Å²) < 4.78 is 10.4. The second kappa shape index (κ2) is 5.32. The lowest BCUT2D eigenvalue weighted by atomic mass is 10.0. The van der Waals surface area contributed by atoms with Crippen molar-refractivity contribution in [3.8, 4) is 16.9 Å². The van der Waals surface area contributed by atoms with Gasteiger partial charge in [-0.15, -0.1) is 0 Å². The molecular formula is C13H14N2O2. The van der Waals surface area contributed by atoms with E-state index in [9.17, 15) is 0 Å². The number of methoxy groups -OCH3 is 1. The molecule has 88 valence electrons. The maximum Gasteiger partial charge on any atom is 0.188 e. The smallest absolute Gasteiger partial charge is 0.188 e. The van der Waals surface area contributed by atoms with E-state index in [1.165, 1.54) is 0 Å². The molecule has 1 aromatic carbocycles. The van der Waals surface area contributed by atoms with Crippen LogP contribution in [0.5, 0.6) is 5.75 Å². The largest absolute Gasteiger partial charge is 0.467 e. The zero-order valence-corrected chi connectivity index (χ0v) is 9.59. The van der Waals surface area contributed by atoms with Gasteiger partial charge in [0.25, 0.3) is 0 Å². The molecule has 1 heterocycles. The Morgan fingerprint density at radius 1 is 1.18 bits per heavy atom. The van der Waals surface area contributed by atoms with Crippen LogP contribution in [0.4, 0.5) is 5.69 Å². The first-order valence-electron chi connectivity index (χ1n) is 5.23. The maximum absolute atomic E-state index is 5.90. The van der Waals surface area contributed by atoms with Crippen LogP contribution in [0.25, 0.3) is 11.1 Å². The second-order valence-corrected chi connectivity index (χ2v) is 3.51. The highest BCUT2D eigenvalue weighted by Gasteiger charge is 2.08. The normalized spacial score (nSPS) is 10.2. The van der Waals surface area contributed by atoms with Gasteiger partial charge in [-0.25, -0.2) is 0 Å². The van der Waals surface area contributed by atoms with Gasteiger partial charge in [0.05, 0.1) is 11.9 Å². The standard InChI is InChI=1S/C13H14N2O2/c1-16-9-17-13-5-3-2-4-11(13)10-6-7-15-8-12(10)14/h2-8H,9,14H2,1H3. The third kappa shape index (κ3) is 2.54. The van der Waals surface area contributed by atoms with Gasteiger partial charge >= 0.3 is 0 Å². The molecule has 2 rings (SSSR count). The van der Waals surface area contributed by atoms with Crippen molar-refractivity contribution in [3.63, 3.8) is 0 Å². The van der Waals surface area contributed by atoms with Crippen LogP contribution in [0.1, 0.15) is 0 Å². The fourth-order valence-electron chi connectivity index (χ4n) is 1.59. The molecule has 0 atom stereocenters. The quantitative estimate of drug-likeness (QED) is 0.819. The number of hydrogen-bond donors (Lipinski definition) is 1. The number of aromatic nitrogens is 1. The van der Waals surface area contributed by atoms with Gasteiger partial charge in [0.15, 0.2) is 6.79 Å². The molecule has 0 spiro atoms. The summed E-state index contributed by atoms with van der Waals surface area (Å²) in [6.07, 6.45) is 3.33. The van der Waals surface area contributed by atoms with Gasteiger partial charge in [-0.05, 0) is 12.1 Å². The minimum absolute atomic E-state index is 0.210. The first-order chi connectivity index (χ1) is 8.33. The van der Waals surface area contributed by atoms with Crippen molar-refractivity contribution >= 4 is 5.69 Å². The fourth-order valence-corrected chi connectivity index (χ4v) is 1.59. The third-order valence-corrected chi connectivity index (χ3v) is 2.36. The number of benzene rings is 1. The Bertz CT molecular complexity index is 500. The summed E-state index contributed by atoms with van der Waals surface area (Å²) in [7, 11) is 1.59.